The zero-order valence-electron chi connectivity index (χ0n) is 9.87. The SMILES string of the molecule is Nc1nc2cc(I)c(F)cc2n1N1CCCCC1. The van der Waals surface area contributed by atoms with Gasteiger partial charge in [-0.1, -0.05) is 0 Å². The number of fused-ring (bicyclic) bond motifs is 1. The minimum atomic E-state index is -0.221. The van der Waals surface area contributed by atoms with Crippen molar-refractivity contribution < 1.29 is 4.39 Å². The summed E-state index contributed by atoms with van der Waals surface area (Å²) in [6.07, 6.45) is 3.53. The minimum Gasteiger partial charge on any atom is -0.368 e. The molecule has 1 aliphatic rings. The number of hydrogen-bond donors (Lipinski definition) is 1. The first kappa shape index (κ1) is 12.0. The van der Waals surface area contributed by atoms with Crippen LogP contribution in [-0.4, -0.2) is 22.7 Å². The fourth-order valence-electron chi connectivity index (χ4n) is 2.45. The highest BCUT2D eigenvalue weighted by atomic mass is 127. The molecule has 3 rings (SSSR count). The van der Waals surface area contributed by atoms with E-state index in [0.29, 0.717) is 9.52 Å². The Bertz CT molecular complexity index is 589. The maximum atomic E-state index is 13.7. The molecule has 0 radical (unpaired) electrons. The van der Waals surface area contributed by atoms with Crippen molar-refractivity contribution in [1.82, 2.24) is 9.66 Å². The fourth-order valence-corrected chi connectivity index (χ4v) is 2.90. The van der Waals surface area contributed by atoms with Gasteiger partial charge in [0.25, 0.3) is 0 Å². The summed E-state index contributed by atoms with van der Waals surface area (Å²) in [6, 6.07) is 3.26. The van der Waals surface area contributed by atoms with Crippen LogP contribution in [0.25, 0.3) is 11.0 Å². The molecule has 1 saturated heterocycles. The highest BCUT2D eigenvalue weighted by molar-refractivity contribution is 14.1. The van der Waals surface area contributed by atoms with Gasteiger partial charge in [-0.05, 0) is 47.9 Å². The molecule has 4 nitrogen and oxygen atoms in total. The lowest BCUT2D eigenvalue weighted by Gasteiger charge is -2.30. The average Bonchev–Trinajstić information content (AvgIpc) is 2.66. The standard InChI is InChI=1S/C12H14FIN4/c13-8-6-11-10(7-9(8)14)16-12(15)18(11)17-4-2-1-3-5-17/h6-7H,1-5H2,(H2,15,16). The monoisotopic (exact) mass is 360 g/mol. The van der Waals surface area contributed by atoms with Gasteiger partial charge in [-0.3, -0.25) is 0 Å². The molecule has 2 N–H and O–H groups in total. The average molecular weight is 360 g/mol. The number of halogens is 2. The Morgan fingerprint density at radius 1 is 1.22 bits per heavy atom. The summed E-state index contributed by atoms with van der Waals surface area (Å²) in [5, 5.41) is 2.15. The van der Waals surface area contributed by atoms with Crippen molar-refractivity contribution >= 4 is 39.6 Å². The molecule has 0 unspecified atom stereocenters. The van der Waals surface area contributed by atoms with Crippen molar-refractivity contribution in [3.63, 3.8) is 0 Å². The lowest BCUT2D eigenvalue weighted by molar-refractivity contribution is 0.489. The Morgan fingerprint density at radius 2 is 1.94 bits per heavy atom. The number of hydrogen-bond acceptors (Lipinski definition) is 3. The van der Waals surface area contributed by atoms with Crippen LogP contribution in [0.15, 0.2) is 12.1 Å². The zero-order valence-corrected chi connectivity index (χ0v) is 12.0. The van der Waals surface area contributed by atoms with Crippen LogP contribution < -0.4 is 10.7 Å². The van der Waals surface area contributed by atoms with E-state index in [-0.39, 0.29) is 5.82 Å². The summed E-state index contributed by atoms with van der Waals surface area (Å²) >= 11 is 1.97. The molecule has 6 heteroatoms. The van der Waals surface area contributed by atoms with E-state index < -0.39 is 0 Å². The summed E-state index contributed by atoms with van der Waals surface area (Å²) in [6.45, 7) is 1.90. The molecule has 0 atom stereocenters. The maximum absolute atomic E-state index is 13.7. The van der Waals surface area contributed by atoms with Crippen molar-refractivity contribution in [1.29, 1.82) is 0 Å². The Labute approximate surface area is 118 Å². The number of anilines is 1. The first-order chi connectivity index (χ1) is 8.66. The topological polar surface area (TPSA) is 47.1 Å². The van der Waals surface area contributed by atoms with Gasteiger partial charge in [0.2, 0.25) is 5.95 Å². The first-order valence-corrected chi connectivity index (χ1v) is 7.13. The number of imidazole rings is 1. The van der Waals surface area contributed by atoms with E-state index in [1.54, 1.807) is 6.07 Å². The normalized spacial score (nSPS) is 16.4. The van der Waals surface area contributed by atoms with Crippen LogP contribution >= 0.6 is 22.6 Å². The number of nitrogen functional groups attached to an aromatic ring is 1. The van der Waals surface area contributed by atoms with Gasteiger partial charge in [-0.15, -0.1) is 0 Å². The second-order valence-corrected chi connectivity index (χ2v) is 5.71. The van der Waals surface area contributed by atoms with Gasteiger partial charge in [-0.2, -0.15) is 0 Å². The third-order valence-corrected chi connectivity index (χ3v) is 4.14. The van der Waals surface area contributed by atoms with Crippen LogP contribution in [0.3, 0.4) is 0 Å². The highest BCUT2D eigenvalue weighted by Crippen LogP contribution is 2.24. The van der Waals surface area contributed by atoms with E-state index in [2.05, 4.69) is 9.99 Å². The van der Waals surface area contributed by atoms with E-state index >= 15 is 0 Å². The molecular weight excluding hydrogens is 346 g/mol. The summed E-state index contributed by atoms with van der Waals surface area (Å²) < 4.78 is 16.1. The molecule has 2 aromatic rings. The molecule has 0 spiro atoms. The molecule has 1 fully saturated rings. The third kappa shape index (κ3) is 1.92. The van der Waals surface area contributed by atoms with Crippen LogP contribution in [0.1, 0.15) is 19.3 Å². The second kappa shape index (κ2) is 4.56. The number of nitrogens with zero attached hydrogens (tertiary/aromatic N) is 3. The van der Waals surface area contributed by atoms with Crippen molar-refractivity contribution in [2.24, 2.45) is 0 Å². The van der Waals surface area contributed by atoms with Gasteiger partial charge >= 0.3 is 0 Å². The second-order valence-electron chi connectivity index (χ2n) is 4.55. The van der Waals surface area contributed by atoms with Crippen LogP contribution in [0.2, 0.25) is 0 Å². The number of benzene rings is 1. The molecule has 1 aliphatic heterocycles. The lowest BCUT2D eigenvalue weighted by atomic mass is 10.2. The number of piperidine rings is 1. The molecule has 18 heavy (non-hydrogen) atoms. The lowest BCUT2D eigenvalue weighted by Crippen LogP contribution is -2.39. The van der Waals surface area contributed by atoms with Crippen molar-refractivity contribution in [3.05, 3.63) is 21.5 Å². The Balaban J connectivity index is 2.15. The zero-order chi connectivity index (χ0) is 12.7. The maximum Gasteiger partial charge on any atom is 0.220 e. The molecular formula is C12H14FIN4. The van der Waals surface area contributed by atoms with Crippen LogP contribution in [0.5, 0.6) is 0 Å². The van der Waals surface area contributed by atoms with Crippen molar-refractivity contribution in [3.8, 4) is 0 Å². The largest absolute Gasteiger partial charge is 0.368 e. The van der Waals surface area contributed by atoms with Crippen molar-refractivity contribution in [2.45, 2.75) is 19.3 Å². The van der Waals surface area contributed by atoms with Gasteiger partial charge in [0.05, 0.1) is 14.6 Å². The molecule has 0 amide bonds. The molecule has 1 aromatic heterocycles. The first-order valence-electron chi connectivity index (χ1n) is 6.05. The predicted molar refractivity (Wildman–Crippen MR) is 78.6 cm³/mol. The third-order valence-electron chi connectivity index (χ3n) is 3.31. The number of aromatic nitrogens is 2. The quantitative estimate of drug-likeness (QED) is 0.795. The van der Waals surface area contributed by atoms with Crippen LogP contribution in [0, 0.1) is 9.39 Å². The van der Waals surface area contributed by atoms with E-state index in [4.69, 9.17) is 5.73 Å². The number of nitrogens with two attached hydrogens (primary N) is 1. The van der Waals surface area contributed by atoms with Gasteiger partial charge < -0.3 is 10.7 Å². The summed E-state index contributed by atoms with van der Waals surface area (Å²) in [5.74, 6) is 0.217. The summed E-state index contributed by atoms with van der Waals surface area (Å²) in [7, 11) is 0. The smallest absolute Gasteiger partial charge is 0.220 e. The predicted octanol–water partition coefficient (Wildman–Crippen LogP) is 2.48. The molecule has 1 aromatic carbocycles. The van der Waals surface area contributed by atoms with E-state index in [0.717, 1.165) is 37.0 Å². The van der Waals surface area contributed by atoms with E-state index in [1.165, 1.54) is 12.5 Å². The molecule has 96 valence electrons. The van der Waals surface area contributed by atoms with Gasteiger partial charge in [0.15, 0.2) is 0 Å². The number of rotatable bonds is 1. The minimum absolute atomic E-state index is 0.221. The molecule has 0 saturated carbocycles. The summed E-state index contributed by atoms with van der Waals surface area (Å²) in [4.78, 5) is 4.32. The van der Waals surface area contributed by atoms with Crippen LogP contribution in [-0.2, 0) is 0 Å². The van der Waals surface area contributed by atoms with Gasteiger partial charge in [-0.25, -0.2) is 14.1 Å². The van der Waals surface area contributed by atoms with Crippen LogP contribution in [0.4, 0.5) is 10.3 Å². The Kier molecular flexibility index (Phi) is 3.04. The Hall–Kier alpha value is -1.05. The molecule has 0 aliphatic carbocycles. The highest BCUT2D eigenvalue weighted by Gasteiger charge is 2.18. The fraction of sp³-hybridized carbons (Fsp3) is 0.417. The van der Waals surface area contributed by atoms with E-state index in [9.17, 15) is 4.39 Å². The Morgan fingerprint density at radius 3 is 2.67 bits per heavy atom. The van der Waals surface area contributed by atoms with Gasteiger partial charge in [0.1, 0.15) is 5.82 Å². The van der Waals surface area contributed by atoms with E-state index in [1.807, 2.05) is 27.3 Å². The van der Waals surface area contributed by atoms with Gasteiger partial charge in [0, 0.05) is 19.2 Å². The molecule has 2 heterocycles. The molecule has 0 bridgehead atoms. The van der Waals surface area contributed by atoms with Crippen molar-refractivity contribution in [2.75, 3.05) is 23.8 Å². The summed E-state index contributed by atoms with van der Waals surface area (Å²) in [5.41, 5.74) is 7.48.